The smallest absolute Gasteiger partial charge is 0.271 e. The van der Waals surface area contributed by atoms with Gasteiger partial charge in [0.05, 0.1) is 14.2 Å². The Morgan fingerprint density at radius 3 is 2.44 bits per heavy atom. The molecule has 2 heterocycles. The van der Waals surface area contributed by atoms with E-state index in [-0.39, 0.29) is 11.9 Å². The number of fused-ring (bicyclic) bond motifs is 1. The number of hydrogen-bond donors (Lipinski definition) is 1. The number of carbonyl (C=O) groups excluding carboxylic acids is 1. The van der Waals surface area contributed by atoms with Crippen LogP contribution in [0.2, 0.25) is 0 Å². The molecule has 0 bridgehead atoms. The number of imidazole rings is 1. The molecule has 3 aromatic rings. The average molecular weight is 339 g/mol. The first kappa shape index (κ1) is 16.8. The van der Waals surface area contributed by atoms with Crippen LogP contribution < -0.4 is 14.8 Å². The summed E-state index contributed by atoms with van der Waals surface area (Å²) in [5, 5.41) is 2.85. The van der Waals surface area contributed by atoms with Crippen LogP contribution in [0.1, 0.15) is 24.3 Å². The summed E-state index contributed by atoms with van der Waals surface area (Å²) in [5.41, 5.74) is 3.10. The molecule has 2 aromatic heterocycles. The maximum atomic E-state index is 12.1. The van der Waals surface area contributed by atoms with Gasteiger partial charge in [-0.2, -0.15) is 0 Å². The van der Waals surface area contributed by atoms with E-state index in [2.05, 4.69) is 10.3 Å². The molecule has 0 saturated carbocycles. The van der Waals surface area contributed by atoms with Gasteiger partial charge in [0.25, 0.3) is 5.91 Å². The van der Waals surface area contributed by atoms with Crippen molar-refractivity contribution in [1.82, 2.24) is 14.7 Å². The van der Waals surface area contributed by atoms with Gasteiger partial charge in [-0.25, -0.2) is 4.98 Å². The second-order valence-electron chi connectivity index (χ2n) is 6.01. The molecule has 0 aliphatic rings. The normalized spacial score (nSPS) is 10.9. The van der Waals surface area contributed by atoms with Gasteiger partial charge in [-0.05, 0) is 49.2 Å². The molecule has 0 spiro atoms. The molecule has 0 saturated heterocycles. The van der Waals surface area contributed by atoms with Gasteiger partial charge in [-0.3, -0.25) is 4.79 Å². The lowest BCUT2D eigenvalue weighted by molar-refractivity contribution is 0.0938. The highest BCUT2D eigenvalue weighted by atomic mass is 16.5. The molecule has 3 rings (SSSR count). The number of hydrogen-bond acceptors (Lipinski definition) is 4. The Hall–Kier alpha value is -3.02. The minimum absolute atomic E-state index is 0.0691. The van der Waals surface area contributed by atoms with E-state index in [1.165, 1.54) is 0 Å². The predicted molar refractivity (Wildman–Crippen MR) is 96.3 cm³/mol. The van der Waals surface area contributed by atoms with Crippen molar-refractivity contribution in [2.75, 3.05) is 14.2 Å². The number of benzene rings is 1. The van der Waals surface area contributed by atoms with Crippen LogP contribution in [0.15, 0.2) is 42.7 Å². The Balaban J connectivity index is 1.97. The zero-order valence-electron chi connectivity index (χ0n) is 14.7. The molecule has 0 unspecified atom stereocenters. The van der Waals surface area contributed by atoms with E-state index in [1.807, 2.05) is 54.8 Å². The van der Waals surface area contributed by atoms with Gasteiger partial charge in [0, 0.05) is 18.4 Å². The SMILES string of the molecule is COc1ccc(-c2ccc3nc(C(=O)NC(C)C)cn3c2)cc1OC. The Labute approximate surface area is 146 Å². The summed E-state index contributed by atoms with van der Waals surface area (Å²) in [7, 11) is 3.22. The van der Waals surface area contributed by atoms with Crippen LogP contribution in [0.3, 0.4) is 0 Å². The molecule has 1 N–H and O–H groups in total. The number of aromatic nitrogens is 2. The third-order valence-electron chi connectivity index (χ3n) is 3.82. The Morgan fingerprint density at radius 1 is 1.04 bits per heavy atom. The fourth-order valence-corrected chi connectivity index (χ4v) is 2.62. The van der Waals surface area contributed by atoms with Gasteiger partial charge in [-0.15, -0.1) is 0 Å². The molecule has 25 heavy (non-hydrogen) atoms. The van der Waals surface area contributed by atoms with Crippen LogP contribution in [0, 0.1) is 0 Å². The number of nitrogens with one attached hydrogen (secondary N) is 1. The molecule has 6 heteroatoms. The maximum Gasteiger partial charge on any atom is 0.271 e. The summed E-state index contributed by atoms with van der Waals surface area (Å²) >= 11 is 0. The van der Waals surface area contributed by atoms with E-state index in [0.717, 1.165) is 16.8 Å². The first-order valence-corrected chi connectivity index (χ1v) is 8.04. The summed E-state index contributed by atoms with van der Waals surface area (Å²) < 4.78 is 12.5. The van der Waals surface area contributed by atoms with E-state index in [9.17, 15) is 4.79 Å². The van der Waals surface area contributed by atoms with Crippen molar-refractivity contribution in [2.24, 2.45) is 0 Å². The molecule has 0 aliphatic heterocycles. The predicted octanol–water partition coefficient (Wildman–Crippen LogP) is 3.16. The number of carbonyl (C=O) groups is 1. The van der Waals surface area contributed by atoms with Gasteiger partial charge >= 0.3 is 0 Å². The maximum absolute atomic E-state index is 12.1. The molecule has 1 aromatic carbocycles. The fraction of sp³-hybridized carbons (Fsp3) is 0.263. The second-order valence-corrected chi connectivity index (χ2v) is 6.01. The van der Waals surface area contributed by atoms with Crippen molar-refractivity contribution in [2.45, 2.75) is 19.9 Å². The fourth-order valence-electron chi connectivity index (χ4n) is 2.62. The Kier molecular flexibility index (Phi) is 4.61. The van der Waals surface area contributed by atoms with Crippen LogP contribution in [0.4, 0.5) is 0 Å². The zero-order chi connectivity index (χ0) is 18.0. The van der Waals surface area contributed by atoms with E-state index in [4.69, 9.17) is 9.47 Å². The topological polar surface area (TPSA) is 64.9 Å². The van der Waals surface area contributed by atoms with Crippen LogP contribution in [-0.2, 0) is 0 Å². The first-order valence-electron chi connectivity index (χ1n) is 8.04. The molecular weight excluding hydrogens is 318 g/mol. The van der Waals surface area contributed by atoms with Crippen molar-refractivity contribution in [1.29, 1.82) is 0 Å². The van der Waals surface area contributed by atoms with Gasteiger partial charge < -0.3 is 19.2 Å². The highest BCUT2D eigenvalue weighted by molar-refractivity contribution is 5.93. The van der Waals surface area contributed by atoms with E-state index in [1.54, 1.807) is 20.4 Å². The summed E-state index contributed by atoms with van der Waals surface area (Å²) in [6.45, 7) is 3.84. The van der Waals surface area contributed by atoms with E-state index >= 15 is 0 Å². The average Bonchev–Trinajstić information content (AvgIpc) is 3.04. The molecule has 0 aliphatic carbocycles. The quantitative estimate of drug-likeness (QED) is 0.775. The molecule has 1 amide bonds. The number of pyridine rings is 1. The Morgan fingerprint density at radius 2 is 1.76 bits per heavy atom. The summed E-state index contributed by atoms with van der Waals surface area (Å²) in [6.07, 6.45) is 3.67. The minimum Gasteiger partial charge on any atom is -0.493 e. The number of rotatable bonds is 5. The number of ether oxygens (including phenoxy) is 2. The molecule has 130 valence electrons. The van der Waals surface area contributed by atoms with Crippen LogP contribution in [-0.4, -0.2) is 35.6 Å². The molecule has 0 atom stereocenters. The van der Waals surface area contributed by atoms with E-state index < -0.39 is 0 Å². The van der Waals surface area contributed by atoms with Gasteiger partial charge in [0.1, 0.15) is 11.3 Å². The number of methoxy groups -OCH3 is 2. The zero-order valence-corrected chi connectivity index (χ0v) is 14.7. The summed E-state index contributed by atoms with van der Waals surface area (Å²) in [5.74, 6) is 1.18. The largest absolute Gasteiger partial charge is 0.493 e. The lowest BCUT2D eigenvalue weighted by atomic mass is 10.1. The number of nitrogens with zero attached hydrogens (tertiary/aromatic N) is 2. The van der Waals surface area contributed by atoms with Gasteiger partial charge in [-0.1, -0.05) is 6.07 Å². The van der Waals surface area contributed by atoms with Crippen LogP contribution in [0.25, 0.3) is 16.8 Å². The van der Waals surface area contributed by atoms with Crippen molar-refractivity contribution >= 4 is 11.6 Å². The second kappa shape index (κ2) is 6.84. The lowest BCUT2D eigenvalue weighted by Crippen LogP contribution is -2.30. The first-order chi connectivity index (χ1) is 12.0. The minimum atomic E-state index is -0.175. The molecule has 6 nitrogen and oxygen atoms in total. The van der Waals surface area contributed by atoms with Crippen molar-refractivity contribution < 1.29 is 14.3 Å². The third-order valence-corrected chi connectivity index (χ3v) is 3.82. The molecular formula is C19H21N3O3. The summed E-state index contributed by atoms with van der Waals surface area (Å²) in [4.78, 5) is 16.5. The van der Waals surface area contributed by atoms with Crippen molar-refractivity contribution in [3.63, 3.8) is 0 Å². The highest BCUT2D eigenvalue weighted by Gasteiger charge is 2.12. The number of amides is 1. The third kappa shape index (κ3) is 3.42. The highest BCUT2D eigenvalue weighted by Crippen LogP contribution is 2.32. The van der Waals surface area contributed by atoms with Crippen molar-refractivity contribution in [3.05, 3.63) is 48.4 Å². The van der Waals surface area contributed by atoms with Gasteiger partial charge in [0.15, 0.2) is 11.5 Å². The standard InChI is InChI=1S/C19H21N3O3/c1-12(2)20-19(23)15-11-22-10-14(6-8-18(22)21-15)13-5-7-16(24-3)17(9-13)25-4/h5-12H,1-4H3,(H,20,23). The van der Waals surface area contributed by atoms with Gasteiger partial charge in [0.2, 0.25) is 0 Å². The Bertz CT molecular complexity index is 915. The molecule has 0 fully saturated rings. The van der Waals surface area contributed by atoms with Crippen LogP contribution >= 0.6 is 0 Å². The van der Waals surface area contributed by atoms with E-state index in [0.29, 0.717) is 17.2 Å². The van der Waals surface area contributed by atoms with Crippen molar-refractivity contribution in [3.8, 4) is 22.6 Å². The molecule has 0 radical (unpaired) electrons. The summed E-state index contributed by atoms with van der Waals surface area (Å²) in [6, 6.07) is 9.68. The van der Waals surface area contributed by atoms with Crippen LogP contribution in [0.5, 0.6) is 11.5 Å². The monoisotopic (exact) mass is 339 g/mol. The lowest BCUT2D eigenvalue weighted by Gasteiger charge is -2.10.